The zero-order valence-electron chi connectivity index (χ0n) is 15.7. The van der Waals surface area contributed by atoms with Gasteiger partial charge in [-0.25, -0.2) is 0 Å². The number of hydrogen-bond acceptors (Lipinski definition) is 2. The van der Waals surface area contributed by atoms with Gasteiger partial charge in [-0.15, -0.1) is 0 Å². The summed E-state index contributed by atoms with van der Waals surface area (Å²) in [4.78, 5) is 0. The summed E-state index contributed by atoms with van der Waals surface area (Å²) in [5.74, 6) is 0.401. The van der Waals surface area contributed by atoms with E-state index in [0.717, 1.165) is 18.4 Å². The van der Waals surface area contributed by atoms with E-state index in [4.69, 9.17) is 0 Å². The van der Waals surface area contributed by atoms with Crippen molar-refractivity contribution in [1.82, 2.24) is 0 Å². The Hall–Kier alpha value is -1.44. The third-order valence-corrected chi connectivity index (χ3v) is 4.64. The topological polar surface area (TPSA) is 40.5 Å². The zero-order chi connectivity index (χ0) is 17.6. The van der Waals surface area contributed by atoms with Crippen LogP contribution in [0.2, 0.25) is 0 Å². The highest BCUT2D eigenvalue weighted by molar-refractivity contribution is 5.45. The van der Waals surface area contributed by atoms with Crippen LogP contribution in [0.1, 0.15) is 88.7 Å². The molecule has 0 heterocycles. The first-order valence-electron chi connectivity index (χ1n) is 9.81. The first-order chi connectivity index (χ1) is 11.6. The van der Waals surface area contributed by atoms with Crippen LogP contribution in [-0.2, 0) is 6.42 Å². The lowest BCUT2D eigenvalue weighted by Crippen LogP contribution is -1.88. The van der Waals surface area contributed by atoms with Crippen LogP contribution in [-0.4, -0.2) is 10.2 Å². The van der Waals surface area contributed by atoms with Crippen LogP contribution in [0.25, 0.3) is 0 Å². The van der Waals surface area contributed by atoms with Gasteiger partial charge in [0.05, 0.1) is 0 Å². The predicted molar refractivity (Wildman–Crippen MR) is 104 cm³/mol. The molecule has 0 aromatic heterocycles. The van der Waals surface area contributed by atoms with E-state index < -0.39 is 0 Å². The minimum atomic E-state index is 0.200. The van der Waals surface area contributed by atoms with E-state index in [9.17, 15) is 10.2 Å². The Morgan fingerprint density at radius 1 is 0.750 bits per heavy atom. The molecule has 0 spiro atoms. The molecular weight excluding hydrogens is 296 g/mol. The first-order valence-corrected chi connectivity index (χ1v) is 9.81. The fraction of sp³-hybridized carbons (Fsp3) is 0.636. The van der Waals surface area contributed by atoms with Crippen molar-refractivity contribution in [1.29, 1.82) is 0 Å². The molecule has 0 aliphatic heterocycles. The molecule has 0 radical (unpaired) electrons. The molecule has 0 atom stereocenters. The molecule has 0 saturated carbocycles. The van der Waals surface area contributed by atoms with Crippen molar-refractivity contribution in [2.24, 2.45) is 0 Å². The van der Waals surface area contributed by atoms with Gasteiger partial charge in [0.25, 0.3) is 0 Å². The smallest absolute Gasteiger partial charge is 0.122 e. The number of aryl methyl sites for hydroxylation is 1. The summed E-state index contributed by atoms with van der Waals surface area (Å²) >= 11 is 0. The van der Waals surface area contributed by atoms with Gasteiger partial charge in [-0.05, 0) is 63.1 Å². The normalized spacial score (nSPS) is 11.4. The minimum Gasteiger partial charge on any atom is -0.508 e. The average molecular weight is 333 g/mol. The van der Waals surface area contributed by atoms with Crippen molar-refractivity contribution in [3.8, 4) is 11.5 Å². The molecule has 136 valence electrons. The summed E-state index contributed by atoms with van der Waals surface area (Å²) in [5.41, 5.74) is 1.60. The average Bonchev–Trinajstić information content (AvgIpc) is 2.56. The van der Waals surface area contributed by atoms with Crippen molar-refractivity contribution >= 4 is 0 Å². The van der Waals surface area contributed by atoms with E-state index in [0.29, 0.717) is 5.56 Å². The van der Waals surface area contributed by atoms with Crippen LogP contribution in [0.3, 0.4) is 0 Å². The van der Waals surface area contributed by atoms with Crippen LogP contribution in [0, 0.1) is 6.92 Å². The van der Waals surface area contributed by atoms with E-state index in [-0.39, 0.29) is 11.5 Å². The third-order valence-electron chi connectivity index (χ3n) is 4.64. The van der Waals surface area contributed by atoms with Gasteiger partial charge in [0.1, 0.15) is 11.5 Å². The number of hydrogen-bond donors (Lipinski definition) is 2. The lowest BCUT2D eigenvalue weighted by atomic mass is 10.0. The first kappa shape index (κ1) is 20.6. The fourth-order valence-corrected chi connectivity index (χ4v) is 2.93. The monoisotopic (exact) mass is 332 g/mol. The summed E-state index contributed by atoms with van der Waals surface area (Å²) in [6.45, 7) is 3.98. The van der Waals surface area contributed by atoms with Crippen molar-refractivity contribution in [2.45, 2.75) is 90.9 Å². The Labute approximate surface area is 148 Å². The Morgan fingerprint density at radius 3 is 1.83 bits per heavy atom. The molecule has 2 heteroatoms. The maximum atomic E-state index is 9.72. The molecule has 2 nitrogen and oxygen atoms in total. The molecule has 2 N–H and O–H groups in total. The molecular formula is C22H36O2. The van der Waals surface area contributed by atoms with E-state index in [1.165, 1.54) is 64.2 Å². The minimum absolute atomic E-state index is 0.200. The lowest BCUT2D eigenvalue weighted by molar-refractivity contribution is 0.441. The number of phenolic OH excluding ortho intramolecular Hbond substituents is 2. The van der Waals surface area contributed by atoms with Gasteiger partial charge in [0.15, 0.2) is 0 Å². The Balaban J connectivity index is 1.98. The fourth-order valence-electron chi connectivity index (χ4n) is 2.93. The number of phenols is 2. The lowest BCUT2D eigenvalue weighted by Gasteiger charge is -2.07. The van der Waals surface area contributed by atoms with Gasteiger partial charge < -0.3 is 10.2 Å². The quantitative estimate of drug-likeness (QED) is 0.307. The molecule has 0 unspecified atom stereocenters. The number of allylic oxidation sites excluding steroid dienone is 2. The highest BCUT2D eigenvalue weighted by Gasteiger charge is 2.04. The van der Waals surface area contributed by atoms with Gasteiger partial charge in [0.2, 0.25) is 0 Å². The molecule has 0 aliphatic carbocycles. The maximum absolute atomic E-state index is 9.72. The molecule has 0 bridgehead atoms. The second kappa shape index (κ2) is 12.9. The third kappa shape index (κ3) is 9.00. The molecule has 0 aliphatic rings. The van der Waals surface area contributed by atoms with Crippen LogP contribution >= 0.6 is 0 Å². The maximum Gasteiger partial charge on any atom is 0.122 e. The molecule has 0 saturated heterocycles. The highest BCUT2D eigenvalue weighted by atomic mass is 16.3. The van der Waals surface area contributed by atoms with Crippen molar-refractivity contribution in [2.75, 3.05) is 0 Å². The van der Waals surface area contributed by atoms with Crippen molar-refractivity contribution in [3.63, 3.8) is 0 Å². The van der Waals surface area contributed by atoms with E-state index in [1.807, 2.05) is 0 Å². The van der Waals surface area contributed by atoms with Crippen LogP contribution < -0.4 is 0 Å². The summed E-state index contributed by atoms with van der Waals surface area (Å²) in [7, 11) is 0. The molecule has 1 aromatic rings. The van der Waals surface area contributed by atoms with Crippen LogP contribution in [0.5, 0.6) is 11.5 Å². The Bertz CT molecular complexity index is 454. The number of aromatic hydroxyl groups is 2. The summed E-state index contributed by atoms with van der Waals surface area (Å²) < 4.78 is 0. The summed E-state index contributed by atoms with van der Waals surface area (Å²) in [6, 6.07) is 3.56. The van der Waals surface area contributed by atoms with E-state index in [1.54, 1.807) is 19.1 Å². The Morgan fingerprint density at radius 2 is 1.25 bits per heavy atom. The van der Waals surface area contributed by atoms with Crippen molar-refractivity contribution in [3.05, 3.63) is 35.4 Å². The molecule has 1 aromatic carbocycles. The van der Waals surface area contributed by atoms with Gasteiger partial charge in [-0.2, -0.15) is 0 Å². The van der Waals surface area contributed by atoms with Crippen LogP contribution in [0.4, 0.5) is 0 Å². The zero-order valence-corrected chi connectivity index (χ0v) is 15.7. The van der Waals surface area contributed by atoms with Gasteiger partial charge in [-0.3, -0.25) is 0 Å². The van der Waals surface area contributed by atoms with E-state index in [2.05, 4.69) is 19.1 Å². The SMILES string of the molecule is CCCCCC/C=C\CCCCCCCc1cc(O)c(C)c(O)c1. The predicted octanol–water partition coefficient (Wildman–Crippen LogP) is 6.82. The second-order valence-electron chi connectivity index (χ2n) is 6.89. The summed E-state index contributed by atoms with van der Waals surface area (Å²) in [5, 5.41) is 19.4. The number of benzene rings is 1. The number of unbranched alkanes of at least 4 members (excludes halogenated alkanes) is 9. The number of rotatable bonds is 13. The standard InChI is InChI=1S/C22H36O2/c1-3-4-5-6-7-8-9-10-11-12-13-14-15-16-20-17-21(23)19(2)22(24)18-20/h8-9,17-18,23-24H,3-7,10-16H2,1-2H3/b9-8-. The van der Waals surface area contributed by atoms with Gasteiger partial charge in [-0.1, -0.05) is 57.6 Å². The van der Waals surface area contributed by atoms with E-state index >= 15 is 0 Å². The van der Waals surface area contributed by atoms with Gasteiger partial charge in [0, 0.05) is 5.56 Å². The summed E-state index contributed by atoms with van der Waals surface area (Å²) in [6.07, 6.45) is 19.7. The molecule has 24 heavy (non-hydrogen) atoms. The van der Waals surface area contributed by atoms with Crippen LogP contribution in [0.15, 0.2) is 24.3 Å². The molecule has 1 rings (SSSR count). The largest absolute Gasteiger partial charge is 0.508 e. The molecule has 0 amide bonds. The Kier molecular flexibility index (Phi) is 11.1. The molecule has 0 fully saturated rings. The van der Waals surface area contributed by atoms with Crippen molar-refractivity contribution < 1.29 is 10.2 Å². The van der Waals surface area contributed by atoms with Gasteiger partial charge >= 0.3 is 0 Å². The highest BCUT2D eigenvalue weighted by Crippen LogP contribution is 2.28. The second-order valence-corrected chi connectivity index (χ2v) is 6.89.